The molecule has 3 aromatic carbocycles. The van der Waals surface area contributed by atoms with Crippen molar-refractivity contribution >= 4 is 20.2 Å². The van der Waals surface area contributed by atoms with Crippen molar-refractivity contribution in [1.29, 1.82) is 0 Å². The van der Waals surface area contributed by atoms with Crippen molar-refractivity contribution in [3.63, 3.8) is 0 Å². The van der Waals surface area contributed by atoms with Gasteiger partial charge in [0.15, 0.2) is 0 Å². The Morgan fingerprint density at radius 2 is 1.05 bits per heavy atom. The Kier molecular flexibility index (Phi) is 9.77. The third kappa shape index (κ3) is 12.1. The number of hydrogen-bond acceptors (Lipinski definition) is 5. The Hall–Kier alpha value is -2.91. The maximum Gasteiger partial charge on any atom is 0.124 e. The Morgan fingerprint density at radius 3 is 1.45 bits per heavy atom. The van der Waals surface area contributed by atoms with Crippen LogP contribution in [0.2, 0.25) is 0 Å². The second-order valence-electron chi connectivity index (χ2n) is 8.45. The molecule has 2 N–H and O–H groups in total. The SMILES string of the molecule is F[P-](F)(F)(F)(F)F.Oc1ccccc1C=N[C@@H]1CN(Cc2ccccc2)C[C@H]1N=Cc1ccccc1O.[Mn]. The Bertz CT molecular complexity index is 1190. The molecule has 1 heterocycles. The molecule has 0 saturated carbocycles. The molecule has 0 bridgehead atoms. The zero-order valence-electron chi connectivity index (χ0n) is 19.8. The summed E-state index contributed by atoms with van der Waals surface area (Å²) >= 11 is 0. The standard InChI is InChI=1S/C25H25N3O2.F6P.Mn/c29-24-12-6-4-10-20(24)14-26-22-17-28(16-19-8-2-1-3-9-19)18-23(22)27-15-21-11-5-7-13-25(21)30;1-7(2,3,4,5)6;/h1-15,22-23,29-30H,16-18H2;;/q;-1;/t22-,23-;;/m1../s1. The van der Waals surface area contributed by atoms with Gasteiger partial charge in [0.1, 0.15) is 11.5 Å². The fourth-order valence-electron chi connectivity index (χ4n) is 3.66. The minimum absolute atomic E-state index is 0. The average Bonchev–Trinajstić information content (AvgIpc) is 3.18. The zero-order valence-corrected chi connectivity index (χ0v) is 21.8. The van der Waals surface area contributed by atoms with Crippen LogP contribution < -0.4 is 0 Å². The number of aromatic hydroxyl groups is 2. The maximum absolute atomic E-state index is 10.7. The van der Waals surface area contributed by atoms with Crippen molar-refractivity contribution in [1.82, 2.24) is 4.90 Å². The second kappa shape index (κ2) is 11.9. The number of likely N-dealkylation sites (tertiary alicyclic amines) is 1. The quantitative estimate of drug-likeness (QED) is 0.136. The van der Waals surface area contributed by atoms with Crippen molar-refractivity contribution in [2.45, 2.75) is 18.6 Å². The molecule has 0 spiro atoms. The molecule has 3 aromatic rings. The van der Waals surface area contributed by atoms with Crippen molar-refractivity contribution < 1.29 is 52.5 Å². The van der Waals surface area contributed by atoms with E-state index in [0.717, 1.165) is 19.6 Å². The van der Waals surface area contributed by atoms with Gasteiger partial charge < -0.3 is 10.2 Å². The van der Waals surface area contributed by atoms with Crippen LogP contribution in [-0.4, -0.2) is 52.7 Å². The normalized spacial score (nSPS) is 19.8. The van der Waals surface area contributed by atoms with E-state index >= 15 is 0 Å². The predicted octanol–water partition coefficient (Wildman–Crippen LogP) is 7.27. The van der Waals surface area contributed by atoms with E-state index in [0.29, 0.717) is 11.1 Å². The fourth-order valence-corrected chi connectivity index (χ4v) is 3.66. The number of benzene rings is 3. The van der Waals surface area contributed by atoms with Gasteiger partial charge in [-0.15, -0.1) is 0 Å². The van der Waals surface area contributed by atoms with Gasteiger partial charge in [-0.25, -0.2) is 0 Å². The van der Waals surface area contributed by atoms with Crippen molar-refractivity contribution in [2.75, 3.05) is 13.1 Å². The first kappa shape index (κ1) is 31.3. The Balaban J connectivity index is 0.000000561. The van der Waals surface area contributed by atoms with Gasteiger partial charge in [0, 0.05) is 60.3 Å². The Morgan fingerprint density at radius 1 is 0.684 bits per heavy atom. The third-order valence-corrected chi connectivity index (χ3v) is 5.27. The van der Waals surface area contributed by atoms with E-state index in [4.69, 9.17) is 9.98 Å². The van der Waals surface area contributed by atoms with Crippen LogP contribution >= 0.6 is 7.81 Å². The third-order valence-electron chi connectivity index (χ3n) is 5.27. The maximum atomic E-state index is 10.0. The first-order chi connectivity index (χ1) is 17.1. The molecule has 0 amide bonds. The van der Waals surface area contributed by atoms with Gasteiger partial charge >= 0.3 is 33.0 Å². The predicted molar refractivity (Wildman–Crippen MR) is 134 cm³/mol. The van der Waals surface area contributed by atoms with E-state index in [1.807, 2.05) is 42.5 Å². The van der Waals surface area contributed by atoms with E-state index in [-0.39, 0.29) is 40.7 Å². The summed E-state index contributed by atoms with van der Waals surface area (Å²) in [7, 11) is -10.7. The minimum atomic E-state index is -10.7. The number of para-hydroxylation sites is 2. The summed E-state index contributed by atoms with van der Waals surface area (Å²) in [4.78, 5) is 11.9. The van der Waals surface area contributed by atoms with Crippen molar-refractivity contribution in [3.8, 4) is 11.5 Å². The number of phenolic OH excluding ortho intramolecular Hbond substituents is 2. The average molecular weight is 599 g/mol. The molecule has 1 aliphatic rings. The van der Waals surface area contributed by atoms with Crippen LogP contribution in [0, 0.1) is 0 Å². The largest absolute Gasteiger partial charge is 0.507 e. The molecule has 4 rings (SSSR count). The number of nitrogens with zero attached hydrogens (tertiary/aromatic N) is 3. The molecule has 5 nitrogen and oxygen atoms in total. The number of phenols is 2. The molecule has 1 aliphatic heterocycles. The van der Waals surface area contributed by atoms with Crippen LogP contribution in [0.5, 0.6) is 11.5 Å². The van der Waals surface area contributed by atoms with Crippen molar-refractivity contribution in [2.24, 2.45) is 9.98 Å². The number of halogens is 6. The van der Waals surface area contributed by atoms with E-state index < -0.39 is 7.81 Å². The smallest absolute Gasteiger partial charge is 0.124 e. The van der Waals surface area contributed by atoms with Crippen LogP contribution in [0.3, 0.4) is 0 Å². The molecule has 1 saturated heterocycles. The summed E-state index contributed by atoms with van der Waals surface area (Å²) in [6.45, 7) is 2.40. The Labute approximate surface area is 226 Å². The summed E-state index contributed by atoms with van der Waals surface area (Å²) in [6, 6.07) is 24.7. The summed E-state index contributed by atoms with van der Waals surface area (Å²) in [5.74, 6) is 0.435. The van der Waals surface area contributed by atoms with Gasteiger partial charge in [0.25, 0.3) is 0 Å². The molecule has 207 valence electrons. The monoisotopic (exact) mass is 599 g/mol. The zero-order chi connectivity index (χ0) is 27.2. The topological polar surface area (TPSA) is 68.4 Å². The molecule has 0 aromatic heterocycles. The number of rotatable bonds is 6. The van der Waals surface area contributed by atoms with Gasteiger partial charge in [0.05, 0.1) is 12.1 Å². The molecule has 1 radical (unpaired) electrons. The van der Waals surface area contributed by atoms with Gasteiger partial charge in [-0.1, -0.05) is 54.6 Å². The molecule has 0 aliphatic carbocycles. The summed E-state index contributed by atoms with van der Waals surface area (Å²) < 4.78 is 59.2. The van der Waals surface area contributed by atoms with Gasteiger partial charge in [0.2, 0.25) is 0 Å². The van der Waals surface area contributed by atoms with E-state index in [9.17, 15) is 35.4 Å². The van der Waals surface area contributed by atoms with E-state index in [2.05, 4.69) is 17.0 Å². The van der Waals surface area contributed by atoms with Crippen LogP contribution in [0.4, 0.5) is 25.2 Å². The van der Waals surface area contributed by atoms with E-state index in [1.165, 1.54) is 5.56 Å². The van der Waals surface area contributed by atoms with E-state index in [1.54, 1.807) is 36.7 Å². The molecular formula is C25H25F6MnN3O2P-. The second-order valence-corrected chi connectivity index (χ2v) is 10.4. The van der Waals surface area contributed by atoms with Gasteiger partial charge in [-0.05, 0) is 29.8 Å². The molecule has 2 atom stereocenters. The molecule has 0 unspecified atom stereocenters. The van der Waals surface area contributed by atoms with Crippen LogP contribution in [0.1, 0.15) is 16.7 Å². The molecule has 38 heavy (non-hydrogen) atoms. The number of aliphatic imine (C=N–C) groups is 2. The van der Waals surface area contributed by atoms with Crippen LogP contribution in [0.25, 0.3) is 0 Å². The van der Waals surface area contributed by atoms with Gasteiger partial charge in [-0.2, -0.15) is 0 Å². The van der Waals surface area contributed by atoms with Crippen molar-refractivity contribution in [3.05, 3.63) is 95.6 Å². The molecule has 1 fully saturated rings. The van der Waals surface area contributed by atoms with Gasteiger partial charge in [-0.3, -0.25) is 14.9 Å². The first-order valence-corrected chi connectivity index (χ1v) is 13.1. The fraction of sp³-hybridized carbons (Fsp3) is 0.200. The first-order valence-electron chi connectivity index (χ1n) is 11.1. The summed E-state index contributed by atoms with van der Waals surface area (Å²) in [5.41, 5.74) is 2.65. The molecule has 13 heteroatoms. The summed E-state index contributed by atoms with van der Waals surface area (Å²) in [5, 5.41) is 20.0. The summed E-state index contributed by atoms with van der Waals surface area (Å²) in [6.07, 6.45) is 3.46. The number of hydrogen-bond donors (Lipinski definition) is 2. The minimum Gasteiger partial charge on any atom is -0.507 e. The van der Waals surface area contributed by atoms with Crippen LogP contribution in [0.15, 0.2) is 88.8 Å². The molecular weight excluding hydrogens is 574 g/mol. The van der Waals surface area contributed by atoms with Crippen LogP contribution in [-0.2, 0) is 23.6 Å².